The van der Waals surface area contributed by atoms with Crippen LogP contribution in [-0.4, -0.2) is 4.98 Å². The average molecular weight is 762 g/mol. The van der Waals surface area contributed by atoms with Gasteiger partial charge in [-0.05, 0) is 123 Å². The van der Waals surface area contributed by atoms with E-state index in [-0.39, 0.29) is 5.41 Å². The molecule has 0 fully saturated rings. The Hall–Kier alpha value is -7.01. The number of anilines is 6. The van der Waals surface area contributed by atoms with Gasteiger partial charge in [-0.15, -0.1) is 11.3 Å². The van der Waals surface area contributed by atoms with Crippen LogP contribution in [-0.2, 0) is 5.41 Å². The van der Waals surface area contributed by atoms with Gasteiger partial charge in [0.1, 0.15) is 5.01 Å². The summed E-state index contributed by atoms with van der Waals surface area (Å²) in [4.78, 5) is 9.76. The highest BCUT2D eigenvalue weighted by atomic mass is 32.1. The number of nitrogens with zero attached hydrogens (tertiary/aromatic N) is 3. The van der Waals surface area contributed by atoms with Gasteiger partial charge in [-0.1, -0.05) is 129 Å². The highest BCUT2D eigenvalue weighted by molar-refractivity contribution is 7.22. The summed E-state index contributed by atoms with van der Waals surface area (Å²) in [5.41, 5.74) is 14.1. The van der Waals surface area contributed by atoms with E-state index in [1.165, 1.54) is 48.5 Å². The van der Waals surface area contributed by atoms with Crippen molar-refractivity contribution in [2.24, 2.45) is 0 Å². The van der Waals surface area contributed by atoms with Crippen LogP contribution in [0.4, 0.5) is 34.1 Å². The summed E-state index contributed by atoms with van der Waals surface area (Å²) in [5, 5.41) is 6.12. The number of benzene rings is 9. The SMILES string of the molecule is CC1(C)c2cc3cc(N(c4ccccc4)c4cccc(N(c5ccccc5)c5ccccc5)c4)ccc3cc2-c2ccc3c(ccc4nc(-c5ccccc5)sc43)c21. The zero-order chi connectivity index (χ0) is 38.8. The third-order valence-electron chi connectivity index (χ3n) is 11.8. The molecule has 0 spiro atoms. The average Bonchev–Trinajstić information content (AvgIpc) is 3.81. The molecule has 11 rings (SSSR count). The summed E-state index contributed by atoms with van der Waals surface area (Å²) in [6.45, 7) is 4.79. The second-order valence-electron chi connectivity index (χ2n) is 15.6. The van der Waals surface area contributed by atoms with Crippen LogP contribution < -0.4 is 9.80 Å². The Morgan fingerprint density at radius 3 is 1.62 bits per heavy atom. The summed E-state index contributed by atoms with van der Waals surface area (Å²) < 4.78 is 1.25. The number of thiazole rings is 1. The zero-order valence-electron chi connectivity index (χ0n) is 32.3. The van der Waals surface area contributed by atoms with Crippen molar-refractivity contribution in [3.63, 3.8) is 0 Å². The van der Waals surface area contributed by atoms with Gasteiger partial charge in [0.15, 0.2) is 0 Å². The quantitative estimate of drug-likeness (QED) is 0.161. The predicted molar refractivity (Wildman–Crippen MR) is 247 cm³/mol. The molecule has 0 unspecified atom stereocenters. The maximum Gasteiger partial charge on any atom is 0.124 e. The maximum atomic E-state index is 5.06. The molecule has 1 aliphatic rings. The molecule has 1 heterocycles. The van der Waals surface area contributed by atoms with Crippen molar-refractivity contribution in [1.29, 1.82) is 0 Å². The molecular weight excluding hydrogens is 723 g/mol. The molecule has 1 aliphatic carbocycles. The molecule has 0 amide bonds. The summed E-state index contributed by atoms with van der Waals surface area (Å²) in [7, 11) is 0. The van der Waals surface area contributed by atoms with Gasteiger partial charge in [-0.2, -0.15) is 0 Å². The number of para-hydroxylation sites is 3. The summed E-state index contributed by atoms with van der Waals surface area (Å²) in [6.07, 6.45) is 0. The monoisotopic (exact) mass is 761 g/mol. The smallest absolute Gasteiger partial charge is 0.124 e. The number of rotatable bonds is 7. The molecule has 1 aromatic heterocycles. The fourth-order valence-corrected chi connectivity index (χ4v) is 10.2. The summed E-state index contributed by atoms with van der Waals surface area (Å²) >= 11 is 1.79. The molecule has 4 heteroatoms. The molecule has 0 bridgehead atoms. The van der Waals surface area contributed by atoms with Gasteiger partial charge in [0, 0.05) is 50.5 Å². The first-order chi connectivity index (χ1) is 28.5. The largest absolute Gasteiger partial charge is 0.310 e. The van der Waals surface area contributed by atoms with Gasteiger partial charge in [-0.3, -0.25) is 0 Å². The fraction of sp³-hybridized carbons (Fsp3) is 0.0556. The highest BCUT2D eigenvalue weighted by Crippen LogP contribution is 2.54. The van der Waals surface area contributed by atoms with Gasteiger partial charge in [-0.25, -0.2) is 4.98 Å². The molecule has 276 valence electrons. The van der Waals surface area contributed by atoms with E-state index in [4.69, 9.17) is 4.98 Å². The van der Waals surface area contributed by atoms with Crippen molar-refractivity contribution in [1.82, 2.24) is 4.98 Å². The molecule has 0 saturated heterocycles. The molecule has 0 atom stereocenters. The molecule has 0 saturated carbocycles. The van der Waals surface area contributed by atoms with Crippen LogP contribution in [0, 0.1) is 0 Å². The van der Waals surface area contributed by atoms with E-state index in [0.717, 1.165) is 50.2 Å². The lowest BCUT2D eigenvalue weighted by Gasteiger charge is -2.29. The van der Waals surface area contributed by atoms with Crippen molar-refractivity contribution in [3.05, 3.63) is 211 Å². The van der Waals surface area contributed by atoms with Gasteiger partial charge in [0.25, 0.3) is 0 Å². The molecule has 9 aromatic carbocycles. The van der Waals surface area contributed by atoms with Crippen LogP contribution in [0.25, 0.3) is 53.5 Å². The standard InChI is InChI=1S/C54H39N3S/c1-54(2)49-34-38-32-44(57(41-22-13-6-14-23-41)43-25-15-24-42(35-43)56(39-18-9-4-10-19-39)40-20-11-5-12-21-40)27-26-37(38)33-48(49)46-28-29-47-45(51(46)54)30-31-50-52(47)58-53(55-50)36-16-7-3-8-17-36/h3-35H,1-2H3. The van der Waals surface area contributed by atoms with Crippen LogP contribution in [0.1, 0.15) is 25.0 Å². The normalized spacial score (nSPS) is 12.8. The molecule has 0 N–H and O–H groups in total. The Kier molecular flexibility index (Phi) is 8.02. The Morgan fingerprint density at radius 2 is 0.983 bits per heavy atom. The number of hydrogen-bond donors (Lipinski definition) is 0. The highest BCUT2D eigenvalue weighted by Gasteiger charge is 2.37. The van der Waals surface area contributed by atoms with E-state index in [1.54, 1.807) is 11.3 Å². The molecule has 10 aromatic rings. The molecule has 58 heavy (non-hydrogen) atoms. The third-order valence-corrected chi connectivity index (χ3v) is 12.9. The Morgan fingerprint density at radius 1 is 0.431 bits per heavy atom. The van der Waals surface area contributed by atoms with E-state index in [9.17, 15) is 0 Å². The van der Waals surface area contributed by atoms with E-state index < -0.39 is 0 Å². The minimum Gasteiger partial charge on any atom is -0.310 e. The first-order valence-corrected chi connectivity index (χ1v) is 20.7. The number of aromatic nitrogens is 1. The zero-order valence-corrected chi connectivity index (χ0v) is 33.1. The van der Waals surface area contributed by atoms with Crippen molar-refractivity contribution in [3.8, 4) is 21.7 Å². The van der Waals surface area contributed by atoms with E-state index in [2.05, 4.69) is 224 Å². The molecule has 0 radical (unpaired) electrons. The Labute approximate surface area is 342 Å². The summed E-state index contributed by atoms with van der Waals surface area (Å²) in [6, 6.07) is 72.3. The molecule has 0 aliphatic heterocycles. The van der Waals surface area contributed by atoms with E-state index in [1.807, 2.05) is 0 Å². The maximum absolute atomic E-state index is 5.06. The fourth-order valence-electron chi connectivity index (χ4n) is 9.09. The Balaban J connectivity index is 1.02. The van der Waals surface area contributed by atoms with Crippen molar-refractivity contribution in [2.45, 2.75) is 19.3 Å². The van der Waals surface area contributed by atoms with Crippen molar-refractivity contribution < 1.29 is 0 Å². The molecule has 3 nitrogen and oxygen atoms in total. The van der Waals surface area contributed by atoms with Crippen molar-refractivity contribution >= 4 is 77.2 Å². The summed E-state index contributed by atoms with van der Waals surface area (Å²) in [5.74, 6) is 0. The van der Waals surface area contributed by atoms with Crippen LogP contribution in [0.2, 0.25) is 0 Å². The van der Waals surface area contributed by atoms with Gasteiger partial charge < -0.3 is 9.80 Å². The second kappa shape index (κ2) is 13.6. The minimum atomic E-state index is -0.194. The first-order valence-electron chi connectivity index (χ1n) is 19.9. The second-order valence-corrected chi connectivity index (χ2v) is 16.6. The van der Waals surface area contributed by atoms with E-state index >= 15 is 0 Å². The lowest BCUT2D eigenvalue weighted by atomic mass is 9.80. The lowest BCUT2D eigenvalue weighted by molar-refractivity contribution is 0.667. The molecular formula is C54H39N3S. The van der Waals surface area contributed by atoms with Gasteiger partial charge in [0.05, 0.1) is 10.2 Å². The van der Waals surface area contributed by atoms with Crippen LogP contribution >= 0.6 is 11.3 Å². The van der Waals surface area contributed by atoms with Crippen molar-refractivity contribution in [2.75, 3.05) is 9.80 Å². The number of fused-ring (bicyclic) bond motifs is 8. The van der Waals surface area contributed by atoms with Crippen LogP contribution in [0.15, 0.2) is 200 Å². The Bertz CT molecular complexity index is 3100. The topological polar surface area (TPSA) is 19.4 Å². The van der Waals surface area contributed by atoms with Crippen LogP contribution in [0.5, 0.6) is 0 Å². The number of hydrogen-bond acceptors (Lipinski definition) is 4. The van der Waals surface area contributed by atoms with E-state index in [0.29, 0.717) is 0 Å². The predicted octanol–water partition coefficient (Wildman–Crippen LogP) is 15.5. The van der Waals surface area contributed by atoms with Crippen LogP contribution in [0.3, 0.4) is 0 Å². The minimum absolute atomic E-state index is 0.194. The lowest BCUT2D eigenvalue weighted by Crippen LogP contribution is -2.15. The first kappa shape index (κ1) is 34.3. The van der Waals surface area contributed by atoms with Gasteiger partial charge in [0.2, 0.25) is 0 Å². The third kappa shape index (κ3) is 5.60. The van der Waals surface area contributed by atoms with Gasteiger partial charge >= 0.3 is 0 Å².